The first-order chi connectivity index (χ1) is 10.5. The van der Waals surface area contributed by atoms with Gasteiger partial charge in [-0.3, -0.25) is 9.69 Å². The fourth-order valence-electron chi connectivity index (χ4n) is 2.38. The maximum atomic E-state index is 12.0. The van der Waals surface area contributed by atoms with Gasteiger partial charge in [-0.1, -0.05) is 19.1 Å². The molecule has 0 radical (unpaired) electrons. The summed E-state index contributed by atoms with van der Waals surface area (Å²) in [6, 6.07) is 6.34. The number of urea groups is 1. The fourth-order valence-corrected chi connectivity index (χ4v) is 2.75. The largest absolute Gasteiger partial charge is 0.337 e. The van der Waals surface area contributed by atoms with Crippen LogP contribution in [0.1, 0.15) is 25.3 Å². The molecule has 1 heterocycles. The Morgan fingerprint density at radius 2 is 2.09 bits per heavy atom. The molecule has 120 valence electrons. The lowest BCUT2D eigenvalue weighted by molar-refractivity contribution is -0.131. The molecule has 2 rings (SSSR count). The minimum absolute atomic E-state index is 0.119. The lowest BCUT2D eigenvalue weighted by Crippen LogP contribution is -2.48. The molecule has 1 aliphatic heterocycles. The molecule has 1 aromatic rings. The van der Waals surface area contributed by atoms with Crippen LogP contribution in [0.5, 0.6) is 0 Å². The van der Waals surface area contributed by atoms with E-state index in [0.29, 0.717) is 36.7 Å². The molecule has 2 unspecified atom stereocenters. The number of hydrogen-bond acceptors (Lipinski definition) is 3. The molecule has 1 fully saturated rings. The van der Waals surface area contributed by atoms with Crippen LogP contribution in [-0.4, -0.2) is 38.7 Å². The van der Waals surface area contributed by atoms with Crippen molar-refractivity contribution >= 4 is 23.0 Å². The number of imide groups is 1. The van der Waals surface area contributed by atoms with Crippen molar-refractivity contribution in [2.24, 2.45) is 5.92 Å². The van der Waals surface area contributed by atoms with Gasteiger partial charge in [-0.25, -0.2) is 9.00 Å². The van der Waals surface area contributed by atoms with Crippen molar-refractivity contribution in [3.8, 4) is 0 Å². The third kappa shape index (κ3) is 4.38. The van der Waals surface area contributed by atoms with Crippen LogP contribution in [0.3, 0.4) is 0 Å². The smallest absolute Gasteiger partial charge is 0.324 e. The third-order valence-electron chi connectivity index (χ3n) is 3.73. The lowest BCUT2D eigenvalue weighted by Gasteiger charge is -2.28. The topological polar surface area (TPSA) is 86.7 Å². The normalized spacial score (nSPS) is 19.8. The Bertz CT molecular complexity index is 573. The van der Waals surface area contributed by atoms with Crippen molar-refractivity contribution in [2.75, 3.05) is 13.1 Å². The minimum Gasteiger partial charge on any atom is -0.337 e. The fraction of sp³-hybridized carbons (Fsp3) is 0.467. The van der Waals surface area contributed by atoms with Gasteiger partial charge in [-0.15, -0.1) is 0 Å². The Kier molecular flexibility index (Phi) is 5.68. The Morgan fingerprint density at radius 1 is 1.41 bits per heavy atom. The first-order valence-corrected chi connectivity index (χ1v) is 8.36. The molecule has 22 heavy (non-hydrogen) atoms. The molecule has 2 N–H and O–H groups in total. The van der Waals surface area contributed by atoms with Crippen LogP contribution in [0.25, 0.3) is 0 Å². The highest BCUT2D eigenvalue weighted by Gasteiger charge is 2.27. The molecule has 2 atom stereocenters. The second-order valence-electron chi connectivity index (χ2n) is 5.52. The van der Waals surface area contributed by atoms with E-state index >= 15 is 0 Å². The molecule has 1 saturated heterocycles. The van der Waals surface area contributed by atoms with Crippen molar-refractivity contribution in [2.45, 2.75) is 31.1 Å². The van der Waals surface area contributed by atoms with Gasteiger partial charge in [0.05, 0.1) is 4.90 Å². The molecule has 0 aromatic heterocycles. The van der Waals surface area contributed by atoms with Crippen LogP contribution in [0, 0.1) is 5.92 Å². The Morgan fingerprint density at radius 3 is 2.68 bits per heavy atom. The maximum absolute atomic E-state index is 12.0. The SMILES string of the molecule is CC1CCN(C(=O)NCCc2ccc(S(=O)O)cc2)C(=O)C1. The van der Waals surface area contributed by atoms with Gasteiger partial charge in [-0.2, -0.15) is 0 Å². The number of rotatable bonds is 4. The van der Waals surface area contributed by atoms with Crippen LogP contribution in [0.4, 0.5) is 4.79 Å². The monoisotopic (exact) mass is 324 g/mol. The van der Waals surface area contributed by atoms with E-state index in [1.54, 1.807) is 24.3 Å². The number of benzene rings is 1. The zero-order chi connectivity index (χ0) is 16.1. The standard InChI is InChI=1S/C15H20N2O4S/c1-11-7-9-17(14(18)10-11)15(19)16-8-6-12-2-4-13(5-3-12)22(20)21/h2-5,11H,6-10H2,1H3,(H,16,19)(H,20,21). The van der Waals surface area contributed by atoms with Gasteiger partial charge in [0.25, 0.3) is 0 Å². The summed E-state index contributed by atoms with van der Waals surface area (Å²) in [7, 11) is 0. The number of carbonyl (C=O) groups excluding carboxylic acids is 2. The molecule has 0 aliphatic carbocycles. The molecule has 0 saturated carbocycles. The van der Waals surface area contributed by atoms with E-state index in [2.05, 4.69) is 5.32 Å². The highest BCUT2D eigenvalue weighted by Crippen LogP contribution is 2.17. The van der Waals surface area contributed by atoms with E-state index in [1.165, 1.54) is 4.90 Å². The van der Waals surface area contributed by atoms with Crippen molar-refractivity contribution in [3.63, 3.8) is 0 Å². The van der Waals surface area contributed by atoms with E-state index in [-0.39, 0.29) is 11.9 Å². The van der Waals surface area contributed by atoms with Gasteiger partial charge in [-0.05, 0) is 36.5 Å². The predicted octanol–water partition coefficient (Wildman–Crippen LogP) is 1.78. The van der Waals surface area contributed by atoms with Crippen LogP contribution < -0.4 is 5.32 Å². The number of piperidine rings is 1. The van der Waals surface area contributed by atoms with Crippen molar-refractivity contribution < 1.29 is 18.4 Å². The number of likely N-dealkylation sites (tertiary alicyclic amines) is 1. The highest BCUT2D eigenvalue weighted by atomic mass is 32.2. The molecular weight excluding hydrogens is 304 g/mol. The zero-order valence-electron chi connectivity index (χ0n) is 12.4. The number of nitrogens with one attached hydrogen (secondary N) is 1. The van der Waals surface area contributed by atoms with Crippen LogP contribution in [-0.2, 0) is 22.3 Å². The molecule has 0 spiro atoms. The summed E-state index contributed by atoms with van der Waals surface area (Å²) in [5, 5.41) is 2.74. The first-order valence-electron chi connectivity index (χ1n) is 7.25. The Balaban J connectivity index is 1.79. The minimum atomic E-state index is -1.97. The van der Waals surface area contributed by atoms with Gasteiger partial charge in [0.2, 0.25) is 5.91 Å². The average Bonchev–Trinajstić information content (AvgIpc) is 2.47. The number of amides is 3. The van der Waals surface area contributed by atoms with Crippen molar-refractivity contribution in [3.05, 3.63) is 29.8 Å². The summed E-state index contributed by atoms with van der Waals surface area (Å²) in [5.41, 5.74) is 0.952. The van der Waals surface area contributed by atoms with Gasteiger partial charge < -0.3 is 9.87 Å². The van der Waals surface area contributed by atoms with E-state index in [4.69, 9.17) is 4.55 Å². The van der Waals surface area contributed by atoms with E-state index in [1.807, 2.05) is 6.92 Å². The average molecular weight is 324 g/mol. The summed E-state index contributed by atoms with van der Waals surface area (Å²) < 4.78 is 19.8. The quantitative estimate of drug-likeness (QED) is 0.827. The molecule has 6 nitrogen and oxygen atoms in total. The van der Waals surface area contributed by atoms with Gasteiger partial charge in [0.15, 0.2) is 11.1 Å². The van der Waals surface area contributed by atoms with Crippen LogP contribution in [0.15, 0.2) is 29.2 Å². The summed E-state index contributed by atoms with van der Waals surface area (Å²) in [6.07, 6.45) is 1.87. The highest BCUT2D eigenvalue weighted by molar-refractivity contribution is 7.79. The van der Waals surface area contributed by atoms with E-state index in [0.717, 1.165) is 12.0 Å². The molecule has 3 amide bonds. The second-order valence-corrected chi connectivity index (χ2v) is 6.49. The summed E-state index contributed by atoms with van der Waals surface area (Å²) >= 11 is -1.97. The molecule has 0 bridgehead atoms. The van der Waals surface area contributed by atoms with Gasteiger partial charge >= 0.3 is 6.03 Å². The molecule has 1 aliphatic rings. The Labute approximate surface area is 132 Å². The molecular formula is C15H20N2O4S. The van der Waals surface area contributed by atoms with Crippen LogP contribution >= 0.6 is 0 Å². The Hall–Kier alpha value is -1.73. The van der Waals surface area contributed by atoms with Gasteiger partial charge in [0, 0.05) is 19.5 Å². The first kappa shape index (κ1) is 16.6. The van der Waals surface area contributed by atoms with Crippen molar-refractivity contribution in [1.82, 2.24) is 10.2 Å². The summed E-state index contributed by atoms with van der Waals surface area (Å²) in [6.45, 7) is 2.90. The third-order valence-corrected chi connectivity index (χ3v) is 4.41. The van der Waals surface area contributed by atoms with Crippen molar-refractivity contribution in [1.29, 1.82) is 0 Å². The van der Waals surface area contributed by atoms with E-state index in [9.17, 15) is 13.8 Å². The molecule has 7 heteroatoms. The number of carbonyl (C=O) groups is 2. The van der Waals surface area contributed by atoms with Gasteiger partial charge in [0.1, 0.15) is 0 Å². The lowest BCUT2D eigenvalue weighted by atomic mass is 9.99. The summed E-state index contributed by atoms with van der Waals surface area (Å²) in [5.74, 6) is 0.221. The number of nitrogens with zero attached hydrogens (tertiary/aromatic N) is 1. The number of hydrogen-bond donors (Lipinski definition) is 2. The van der Waals surface area contributed by atoms with Crippen LogP contribution in [0.2, 0.25) is 0 Å². The predicted molar refractivity (Wildman–Crippen MR) is 82.7 cm³/mol. The second kappa shape index (κ2) is 7.51. The zero-order valence-corrected chi connectivity index (χ0v) is 13.3. The van der Waals surface area contributed by atoms with E-state index < -0.39 is 11.1 Å². The molecule has 1 aromatic carbocycles. The summed E-state index contributed by atoms with van der Waals surface area (Å²) in [4.78, 5) is 25.4. The maximum Gasteiger partial charge on any atom is 0.324 e.